The Hall–Kier alpha value is -17.6. The van der Waals surface area contributed by atoms with Crippen molar-refractivity contribution in [2.75, 3.05) is 0 Å². The molecule has 710 valence electrons. The van der Waals surface area contributed by atoms with Crippen LogP contribution < -0.4 is 0 Å². The van der Waals surface area contributed by atoms with Crippen LogP contribution in [0.2, 0.25) is 0 Å². The maximum absolute atomic E-state index is 5.47. The molecule has 3 aliphatic rings. The van der Waals surface area contributed by atoms with Gasteiger partial charge in [0.1, 0.15) is 10.8 Å². The first-order chi connectivity index (χ1) is 73.6. The second-order valence-corrected chi connectivity index (χ2v) is 44.7. The maximum Gasteiger partial charge on any atom is 0.160 e. The molecular formula is C136H92N10S4. The number of hydrogen-bond donors (Lipinski definition) is 0. The summed E-state index contributed by atoms with van der Waals surface area (Å²) in [6, 6.07) is 156. The number of pyridine rings is 1. The first-order valence-electron chi connectivity index (χ1n) is 50.8. The fourth-order valence-corrected chi connectivity index (χ4v) is 27.9. The Labute approximate surface area is 883 Å². The summed E-state index contributed by atoms with van der Waals surface area (Å²) < 4.78 is 11.3. The van der Waals surface area contributed by atoms with E-state index in [-0.39, 0.29) is 16.2 Å². The molecule has 0 atom stereocenters. The molecule has 10 nitrogen and oxygen atoms in total. The van der Waals surface area contributed by atoms with Gasteiger partial charge in [-0.3, -0.25) is 9.55 Å². The lowest BCUT2D eigenvalue weighted by Crippen LogP contribution is -2.17. The van der Waals surface area contributed by atoms with Crippen LogP contribution in [0.5, 0.6) is 0 Å². The van der Waals surface area contributed by atoms with Crippen molar-refractivity contribution in [3.05, 3.63) is 483 Å². The highest BCUT2D eigenvalue weighted by molar-refractivity contribution is 7.27. The average Bonchev–Trinajstić information content (AvgIpc) is 1.56. The van der Waals surface area contributed by atoms with Crippen LogP contribution in [0.3, 0.4) is 0 Å². The number of benzene rings is 18. The van der Waals surface area contributed by atoms with Crippen LogP contribution in [0.1, 0.15) is 74.9 Å². The fraction of sp³-hybridized carbons (Fsp3) is 0.0662. The standard InChI is InChI=1S/C50H34N4S.C44H29N3S2.C42H29N3S/c1-50(2)40-22-8-6-19-39(40)46-44(50)45(34-15-12-14-33(30-34)36-20-13-21-38-37-18-7-11-25-43(37)55-47(36)38)52-48(53-46)31-26-28-32(29-27-31)49-51-41-23-9-10-24-42(41)54(49)35-16-4-3-5-17-35;1-44(2)34-17-5-3-14-33(34)40-38(44)39(46-42(47-40)26-21-23-27(24-22-26)43-45-35-18-6-8-20-37(35)49-43)29-12-9-11-28(25-29)30-15-10-16-32-31-13-4-7-19-36(31)48-41(30)32;1-42(2)35-18-5-3-15-34(35)39-37(42)38(44-41(45-39)30-13-7-10-27(24-30)26-20-22-43-23-21-26)29-12-8-11-28(25-29)31-16-9-17-33-32-14-4-6-19-36(32)46-40(31)33/h3-30H,1-2H3;3-25H,1-2H3;3-25H,1-2H3. The van der Waals surface area contributed by atoms with Crippen LogP contribution in [0.25, 0.3) is 256 Å². The van der Waals surface area contributed by atoms with Crippen molar-refractivity contribution in [1.29, 1.82) is 0 Å². The monoisotopic (exact) mass is 1990 g/mol. The van der Waals surface area contributed by atoms with Crippen LogP contribution >= 0.6 is 45.3 Å². The van der Waals surface area contributed by atoms with Gasteiger partial charge in [0, 0.05) is 173 Å². The maximum atomic E-state index is 5.47. The molecule has 0 aliphatic heterocycles. The van der Waals surface area contributed by atoms with E-state index < -0.39 is 0 Å². The summed E-state index contributed by atoms with van der Waals surface area (Å²) in [6.07, 6.45) is 3.66. The zero-order valence-electron chi connectivity index (χ0n) is 82.8. The van der Waals surface area contributed by atoms with Gasteiger partial charge in [0.25, 0.3) is 0 Å². The Morgan fingerprint density at radius 1 is 0.207 bits per heavy atom. The lowest BCUT2D eigenvalue weighted by atomic mass is 9.80. The second kappa shape index (κ2) is 35.9. The number of nitrogens with zero attached hydrogens (tertiary/aromatic N) is 10. The average molecular weight is 1990 g/mol. The Bertz CT molecular complexity index is 10100. The van der Waals surface area contributed by atoms with E-state index in [2.05, 4.69) is 458 Å². The fourth-order valence-electron chi connectivity index (χ4n) is 23.3. The molecule has 0 unspecified atom stereocenters. The van der Waals surface area contributed by atoms with E-state index >= 15 is 0 Å². The van der Waals surface area contributed by atoms with Gasteiger partial charge in [-0.1, -0.05) is 387 Å². The third-order valence-corrected chi connectivity index (χ3v) is 35.3. The van der Waals surface area contributed by atoms with Crippen LogP contribution in [0, 0.1) is 0 Å². The first kappa shape index (κ1) is 89.9. The molecule has 0 radical (unpaired) electrons. The highest BCUT2D eigenvalue weighted by atomic mass is 32.1. The molecule has 3 aliphatic carbocycles. The molecule has 0 N–H and O–H groups in total. The van der Waals surface area contributed by atoms with Crippen molar-refractivity contribution >= 4 is 127 Å². The van der Waals surface area contributed by atoms with Crippen molar-refractivity contribution in [3.8, 4) is 174 Å². The molecule has 27 aromatic rings. The minimum Gasteiger partial charge on any atom is -0.292 e. The highest BCUT2D eigenvalue weighted by Crippen LogP contribution is 2.57. The molecule has 0 spiro atoms. The number of imidazole rings is 1. The van der Waals surface area contributed by atoms with Gasteiger partial charge >= 0.3 is 0 Å². The van der Waals surface area contributed by atoms with Crippen LogP contribution in [0.4, 0.5) is 0 Å². The van der Waals surface area contributed by atoms with Gasteiger partial charge in [0.2, 0.25) is 0 Å². The quantitative estimate of drug-likeness (QED) is 0.111. The molecule has 14 heteroatoms. The summed E-state index contributed by atoms with van der Waals surface area (Å²) in [5.41, 5.74) is 38.2. The van der Waals surface area contributed by atoms with E-state index in [0.29, 0.717) is 5.82 Å². The Balaban J connectivity index is 0.000000109. The topological polar surface area (TPSA) is 121 Å². The number of aromatic nitrogens is 10. The molecule has 9 heterocycles. The minimum atomic E-state index is -0.276. The summed E-state index contributed by atoms with van der Waals surface area (Å²) in [5.74, 6) is 3.07. The normalized spacial score (nSPS) is 13.2. The van der Waals surface area contributed by atoms with E-state index in [1.165, 1.54) is 149 Å². The summed E-state index contributed by atoms with van der Waals surface area (Å²) in [4.78, 5) is 46.4. The second-order valence-electron chi connectivity index (χ2n) is 40.5. The van der Waals surface area contributed by atoms with Crippen molar-refractivity contribution in [3.63, 3.8) is 0 Å². The molecule has 0 saturated heterocycles. The predicted octanol–water partition coefficient (Wildman–Crippen LogP) is 36.8. The van der Waals surface area contributed by atoms with Crippen LogP contribution in [-0.4, -0.2) is 49.4 Å². The van der Waals surface area contributed by atoms with Gasteiger partial charge in [-0.15, -0.1) is 45.3 Å². The number of rotatable bonds is 13. The van der Waals surface area contributed by atoms with E-state index in [1.807, 2.05) is 76.7 Å². The van der Waals surface area contributed by atoms with Crippen molar-refractivity contribution in [2.24, 2.45) is 0 Å². The van der Waals surface area contributed by atoms with Gasteiger partial charge < -0.3 is 0 Å². The smallest absolute Gasteiger partial charge is 0.160 e. The van der Waals surface area contributed by atoms with Crippen LogP contribution in [-0.2, 0) is 16.2 Å². The third kappa shape index (κ3) is 15.1. The van der Waals surface area contributed by atoms with E-state index in [4.69, 9.17) is 39.9 Å². The number of hydrogen-bond acceptors (Lipinski definition) is 13. The summed E-state index contributed by atoms with van der Waals surface area (Å²) in [7, 11) is 0. The molecule has 9 aromatic heterocycles. The van der Waals surface area contributed by atoms with Crippen molar-refractivity contribution in [2.45, 2.75) is 57.8 Å². The molecule has 150 heavy (non-hydrogen) atoms. The first-order valence-corrected chi connectivity index (χ1v) is 54.1. The zero-order chi connectivity index (χ0) is 100. The lowest BCUT2D eigenvalue weighted by Gasteiger charge is -2.24. The summed E-state index contributed by atoms with van der Waals surface area (Å²) >= 11 is 7.32. The number of thiazole rings is 1. The zero-order valence-corrected chi connectivity index (χ0v) is 86.1. The molecule has 0 saturated carbocycles. The van der Waals surface area contributed by atoms with Crippen molar-refractivity contribution < 1.29 is 0 Å². The van der Waals surface area contributed by atoms with Gasteiger partial charge in [-0.05, 0) is 152 Å². The van der Waals surface area contributed by atoms with Crippen molar-refractivity contribution in [1.82, 2.24) is 49.4 Å². The van der Waals surface area contributed by atoms with E-state index in [9.17, 15) is 0 Å². The van der Waals surface area contributed by atoms with Gasteiger partial charge in [-0.2, -0.15) is 0 Å². The molecule has 0 bridgehead atoms. The predicted molar refractivity (Wildman–Crippen MR) is 628 cm³/mol. The number of thiophene rings is 3. The number of para-hydroxylation sites is 4. The molecular weight excluding hydrogens is 1900 g/mol. The van der Waals surface area contributed by atoms with E-state index in [1.54, 1.807) is 11.3 Å². The molecule has 30 rings (SSSR count). The largest absolute Gasteiger partial charge is 0.292 e. The minimum absolute atomic E-state index is 0.250. The Kier molecular flexibility index (Phi) is 21.5. The van der Waals surface area contributed by atoms with E-state index in [0.717, 1.165) is 135 Å². The molecule has 0 fully saturated rings. The molecule has 18 aromatic carbocycles. The summed E-state index contributed by atoms with van der Waals surface area (Å²) in [5, 5.41) is 8.86. The highest BCUT2D eigenvalue weighted by Gasteiger charge is 2.44. The lowest BCUT2D eigenvalue weighted by molar-refractivity contribution is 0.657. The van der Waals surface area contributed by atoms with Gasteiger partial charge in [0.05, 0.1) is 55.4 Å². The SMILES string of the molecule is CC1(C)c2ccccc2-c2nc(-c3ccc(-c4nc5ccccc5n4-c4ccccc4)cc3)nc(-c3cccc(-c4cccc5c4sc4ccccc45)c3)c21.CC1(C)c2ccccc2-c2nc(-c3ccc(-c4nc5ccccc5s4)cc3)nc(-c3cccc(-c4cccc5c4sc4ccccc45)c3)c21.CC1(C)c2ccccc2-c2nc(-c3cccc(-c4ccncc4)c3)nc(-c3cccc(-c4cccc5c4sc4ccccc45)c3)c21. The van der Waals surface area contributed by atoms with Gasteiger partial charge in [-0.25, -0.2) is 39.9 Å². The Morgan fingerprint density at radius 2 is 0.533 bits per heavy atom. The summed E-state index contributed by atoms with van der Waals surface area (Å²) in [6.45, 7) is 13.8. The number of fused-ring (bicyclic) bond motifs is 20. The molecule has 0 amide bonds. The third-order valence-electron chi connectivity index (χ3n) is 30.5. The van der Waals surface area contributed by atoms with Crippen LogP contribution in [0.15, 0.2) is 449 Å². The van der Waals surface area contributed by atoms with Gasteiger partial charge in [0.15, 0.2) is 17.5 Å². The Morgan fingerprint density at radius 3 is 0.980 bits per heavy atom.